The molecule has 3 rings (SSSR count). The van der Waals surface area contributed by atoms with Gasteiger partial charge in [0.05, 0.1) is 20.2 Å². The fourth-order valence-corrected chi connectivity index (χ4v) is 4.29. The standard InChI is InChI=1S/C15H8Cl3N3O3S/c1-20-13-10(18)5-8(17)6-12(13)25-15(20)19-14(22)9-4-7(16)2-3-11(9)21(23)24/h2-6H,1H3. The predicted octanol–water partition coefficient (Wildman–Crippen LogP) is 4.85. The van der Waals surface area contributed by atoms with Crippen molar-refractivity contribution >= 4 is 68.0 Å². The SMILES string of the molecule is Cn1c(=NC(=O)c2cc(Cl)ccc2[N+](=O)[O-])sc2cc(Cl)cc(Cl)c21. The van der Waals surface area contributed by atoms with Crippen LogP contribution in [0.4, 0.5) is 5.69 Å². The summed E-state index contributed by atoms with van der Waals surface area (Å²) >= 11 is 19.2. The average Bonchev–Trinajstić information content (AvgIpc) is 2.82. The molecule has 25 heavy (non-hydrogen) atoms. The van der Waals surface area contributed by atoms with Gasteiger partial charge in [-0.25, -0.2) is 0 Å². The summed E-state index contributed by atoms with van der Waals surface area (Å²) in [4.78, 5) is 27.3. The van der Waals surface area contributed by atoms with Crippen LogP contribution in [-0.4, -0.2) is 15.4 Å². The molecule has 0 bridgehead atoms. The highest BCUT2D eigenvalue weighted by atomic mass is 35.5. The number of thiazole rings is 1. The zero-order valence-corrected chi connectivity index (χ0v) is 15.6. The van der Waals surface area contributed by atoms with E-state index in [4.69, 9.17) is 34.8 Å². The van der Waals surface area contributed by atoms with Crippen molar-refractivity contribution in [1.29, 1.82) is 0 Å². The molecule has 0 fully saturated rings. The number of rotatable bonds is 2. The highest BCUT2D eigenvalue weighted by molar-refractivity contribution is 7.16. The maximum atomic E-state index is 12.5. The van der Waals surface area contributed by atoms with Gasteiger partial charge >= 0.3 is 0 Å². The van der Waals surface area contributed by atoms with Crippen LogP contribution in [0.5, 0.6) is 0 Å². The first-order chi connectivity index (χ1) is 11.8. The Bertz CT molecular complexity index is 1100. The molecule has 128 valence electrons. The number of nitro groups is 1. The van der Waals surface area contributed by atoms with Gasteiger partial charge < -0.3 is 4.57 Å². The Kier molecular flexibility index (Phi) is 4.83. The molecule has 1 aromatic heterocycles. The first-order valence-electron chi connectivity index (χ1n) is 6.75. The molecule has 10 heteroatoms. The summed E-state index contributed by atoms with van der Waals surface area (Å²) in [6.07, 6.45) is 0. The molecule has 1 amide bonds. The van der Waals surface area contributed by atoms with Gasteiger partial charge in [-0.3, -0.25) is 14.9 Å². The van der Waals surface area contributed by atoms with Crippen molar-refractivity contribution in [1.82, 2.24) is 4.57 Å². The number of amides is 1. The fourth-order valence-electron chi connectivity index (χ4n) is 2.29. The second-order valence-corrected chi connectivity index (χ2v) is 7.30. The molecule has 2 aromatic carbocycles. The van der Waals surface area contributed by atoms with E-state index in [1.165, 1.54) is 29.5 Å². The van der Waals surface area contributed by atoms with Gasteiger partial charge in [0.15, 0.2) is 4.80 Å². The second kappa shape index (κ2) is 6.76. The Morgan fingerprint density at radius 3 is 2.60 bits per heavy atom. The number of benzene rings is 2. The highest BCUT2D eigenvalue weighted by Gasteiger charge is 2.20. The number of fused-ring (bicyclic) bond motifs is 1. The van der Waals surface area contributed by atoms with Crippen LogP contribution in [0.25, 0.3) is 10.2 Å². The number of aromatic nitrogens is 1. The molecule has 0 saturated heterocycles. The molecule has 3 aromatic rings. The minimum absolute atomic E-state index is 0.181. The summed E-state index contributed by atoms with van der Waals surface area (Å²) in [5.74, 6) is -0.765. The van der Waals surface area contributed by atoms with Crippen LogP contribution >= 0.6 is 46.1 Å². The molecular formula is C15H8Cl3N3O3S. The zero-order chi connectivity index (χ0) is 18.3. The molecule has 0 atom stereocenters. The van der Waals surface area contributed by atoms with E-state index >= 15 is 0 Å². The van der Waals surface area contributed by atoms with Crippen molar-refractivity contribution < 1.29 is 9.72 Å². The van der Waals surface area contributed by atoms with Gasteiger partial charge in [-0.2, -0.15) is 4.99 Å². The largest absolute Gasteiger partial charge is 0.318 e. The number of aryl methyl sites for hydroxylation is 1. The lowest BCUT2D eigenvalue weighted by Gasteiger charge is -2.00. The zero-order valence-electron chi connectivity index (χ0n) is 12.5. The molecular weight excluding hydrogens is 409 g/mol. The van der Waals surface area contributed by atoms with Gasteiger partial charge in [0.2, 0.25) is 0 Å². The molecule has 0 aliphatic carbocycles. The second-order valence-electron chi connectivity index (χ2n) is 5.01. The Labute approximate surface area is 160 Å². The fraction of sp³-hybridized carbons (Fsp3) is 0.0667. The highest BCUT2D eigenvalue weighted by Crippen LogP contribution is 2.29. The van der Waals surface area contributed by atoms with Gasteiger partial charge in [-0.15, -0.1) is 0 Å². The monoisotopic (exact) mass is 415 g/mol. The predicted molar refractivity (Wildman–Crippen MR) is 98.8 cm³/mol. The minimum atomic E-state index is -0.765. The van der Waals surface area contributed by atoms with Crippen molar-refractivity contribution in [3.63, 3.8) is 0 Å². The van der Waals surface area contributed by atoms with Crippen LogP contribution in [0.1, 0.15) is 10.4 Å². The summed E-state index contributed by atoms with van der Waals surface area (Å²) in [5, 5.41) is 12.2. The molecule has 6 nitrogen and oxygen atoms in total. The van der Waals surface area contributed by atoms with E-state index in [-0.39, 0.29) is 16.3 Å². The van der Waals surface area contributed by atoms with E-state index in [9.17, 15) is 14.9 Å². The number of nitro benzene ring substituents is 1. The van der Waals surface area contributed by atoms with Crippen molar-refractivity contribution in [3.05, 3.63) is 65.9 Å². The first kappa shape index (κ1) is 17.9. The Hall–Kier alpha value is -1.93. The van der Waals surface area contributed by atoms with Gasteiger partial charge in [0, 0.05) is 23.2 Å². The van der Waals surface area contributed by atoms with Gasteiger partial charge in [0.25, 0.3) is 11.6 Å². The summed E-state index contributed by atoms with van der Waals surface area (Å²) in [6.45, 7) is 0. The maximum absolute atomic E-state index is 12.5. The van der Waals surface area contributed by atoms with E-state index in [1.54, 1.807) is 23.7 Å². The quantitative estimate of drug-likeness (QED) is 0.442. The van der Waals surface area contributed by atoms with Crippen LogP contribution in [0.15, 0.2) is 35.3 Å². The molecule has 0 N–H and O–H groups in total. The normalized spacial score (nSPS) is 11.9. The lowest BCUT2D eigenvalue weighted by molar-refractivity contribution is -0.385. The summed E-state index contributed by atoms with van der Waals surface area (Å²) < 4.78 is 2.37. The lowest BCUT2D eigenvalue weighted by atomic mass is 10.2. The third kappa shape index (κ3) is 3.41. The van der Waals surface area contributed by atoms with E-state index in [1.807, 2.05) is 0 Å². The van der Waals surface area contributed by atoms with Crippen molar-refractivity contribution in [2.75, 3.05) is 0 Å². The van der Waals surface area contributed by atoms with Crippen molar-refractivity contribution in [2.24, 2.45) is 12.0 Å². The number of nitrogens with zero attached hydrogens (tertiary/aromatic N) is 3. The molecule has 1 heterocycles. The molecule has 0 spiro atoms. The maximum Gasteiger partial charge on any atom is 0.286 e. The molecule has 0 radical (unpaired) electrons. The summed E-state index contributed by atoms with van der Waals surface area (Å²) in [7, 11) is 1.69. The van der Waals surface area contributed by atoms with Gasteiger partial charge in [-0.1, -0.05) is 46.1 Å². The van der Waals surface area contributed by atoms with Crippen molar-refractivity contribution in [3.8, 4) is 0 Å². The average molecular weight is 417 g/mol. The van der Waals surface area contributed by atoms with Gasteiger partial charge in [0.1, 0.15) is 5.56 Å². The van der Waals surface area contributed by atoms with E-state index in [2.05, 4.69) is 4.99 Å². The number of carbonyl (C=O) groups is 1. The van der Waals surface area contributed by atoms with Crippen molar-refractivity contribution in [2.45, 2.75) is 0 Å². The van der Waals surface area contributed by atoms with E-state index in [0.29, 0.717) is 20.4 Å². The smallest absolute Gasteiger partial charge is 0.286 e. The van der Waals surface area contributed by atoms with Crippen LogP contribution in [0, 0.1) is 10.1 Å². The third-order valence-corrected chi connectivity index (χ3v) is 5.22. The number of carbonyl (C=O) groups excluding carboxylic acids is 1. The van der Waals surface area contributed by atoms with Crippen LogP contribution in [-0.2, 0) is 7.05 Å². The lowest BCUT2D eigenvalue weighted by Crippen LogP contribution is -2.14. The summed E-state index contributed by atoms with van der Waals surface area (Å²) in [5.41, 5.74) is 0.130. The summed E-state index contributed by atoms with van der Waals surface area (Å²) in [6, 6.07) is 7.04. The van der Waals surface area contributed by atoms with Gasteiger partial charge in [-0.05, 0) is 24.3 Å². The van der Waals surface area contributed by atoms with Crippen LogP contribution in [0.2, 0.25) is 15.1 Å². The number of hydrogen-bond acceptors (Lipinski definition) is 4. The Morgan fingerprint density at radius 2 is 1.92 bits per heavy atom. The Balaban J connectivity index is 2.19. The first-order valence-corrected chi connectivity index (χ1v) is 8.70. The van der Waals surface area contributed by atoms with E-state index in [0.717, 1.165) is 4.70 Å². The number of hydrogen-bond donors (Lipinski definition) is 0. The van der Waals surface area contributed by atoms with Crippen LogP contribution in [0.3, 0.4) is 0 Å². The third-order valence-electron chi connectivity index (χ3n) is 3.40. The van der Waals surface area contributed by atoms with Crippen LogP contribution < -0.4 is 4.80 Å². The molecule has 0 aliphatic heterocycles. The number of halogens is 3. The molecule has 0 aliphatic rings. The van der Waals surface area contributed by atoms with E-state index < -0.39 is 10.8 Å². The molecule has 0 unspecified atom stereocenters. The Morgan fingerprint density at radius 1 is 1.20 bits per heavy atom. The molecule has 0 saturated carbocycles. The minimum Gasteiger partial charge on any atom is -0.318 e. The topological polar surface area (TPSA) is 77.5 Å².